The van der Waals surface area contributed by atoms with E-state index in [1.54, 1.807) is 0 Å². The van der Waals surface area contributed by atoms with Crippen molar-refractivity contribution in [2.75, 3.05) is 6.61 Å². The first-order chi connectivity index (χ1) is 10.1. The number of carbonyl (C=O) groups excluding carboxylic acids is 3. The number of hydrogen-bond donors (Lipinski definition) is 3. The van der Waals surface area contributed by atoms with E-state index in [0.29, 0.717) is 0 Å². The van der Waals surface area contributed by atoms with E-state index >= 15 is 0 Å². The third-order valence-electron chi connectivity index (χ3n) is 2.56. The van der Waals surface area contributed by atoms with Crippen LogP contribution in [0.5, 0.6) is 0 Å². The van der Waals surface area contributed by atoms with E-state index in [1.807, 2.05) is 0 Å². The molecule has 0 aromatic rings. The molecule has 8 heteroatoms. The van der Waals surface area contributed by atoms with E-state index in [0.717, 1.165) is 0 Å². The Morgan fingerprint density at radius 1 is 1.09 bits per heavy atom. The molecule has 0 aromatic heterocycles. The van der Waals surface area contributed by atoms with Crippen LogP contribution in [0, 0.1) is 0 Å². The molecule has 22 heavy (non-hydrogen) atoms. The predicted octanol–water partition coefficient (Wildman–Crippen LogP) is -1.12. The zero-order valence-electron chi connectivity index (χ0n) is 12.4. The van der Waals surface area contributed by atoms with Gasteiger partial charge in [-0.1, -0.05) is 13.2 Å². The van der Waals surface area contributed by atoms with Crippen molar-refractivity contribution < 1.29 is 39.2 Å². The summed E-state index contributed by atoms with van der Waals surface area (Å²) in [6.45, 7) is 8.45. The van der Waals surface area contributed by atoms with Crippen LogP contribution in [0.3, 0.4) is 0 Å². The Morgan fingerprint density at radius 3 is 1.91 bits per heavy atom. The van der Waals surface area contributed by atoms with Gasteiger partial charge in [-0.3, -0.25) is 4.79 Å². The molecule has 0 radical (unpaired) electrons. The highest BCUT2D eigenvalue weighted by Gasteiger charge is 2.38. The fourth-order valence-electron chi connectivity index (χ4n) is 1.28. The molecule has 0 amide bonds. The lowest BCUT2D eigenvalue weighted by Crippen LogP contribution is -2.50. The number of esters is 2. The van der Waals surface area contributed by atoms with Crippen molar-refractivity contribution in [3.05, 3.63) is 24.3 Å². The minimum absolute atomic E-state index is 0.0194. The molecule has 0 heterocycles. The summed E-state index contributed by atoms with van der Waals surface area (Å²) in [6.07, 6.45) is -6.85. The quantitative estimate of drug-likeness (QED) is 0.277. The van der Waals surface area contributed by atoms with Crippen LogP contribution in [0.1, 0.15) is 13.8 Å². The number of rotatable bonds is 9. The monoisotopic (exact) mass is 316 g/mol. The van der Waals surface area contributed by atoms with Gasteiger partial charge in [0.15, 0.2) is 18.5 Å². The molecule has 0 aliphatic rings. The van der Waals surface area contributed by atoms with Crippen molar-refractivity contribution in [3.8, 4) is 0 Å². The van der Waals surface area contributed by atoms with Crippen molar-refractivity contribution in [2.45, 2.75) is 38.3 Å². The maximum absolute atomic E-state index is 11.6. The standard InChI is InChI=1S/C14H20O8/c1-7(2)13(19)21-10(6-16)12(11(18)9(17)5-15)22-14(20)8(3)4/h6,9-12,15,17-18H,1,3,5H2,2,4H3/t9-,10+,11-,12-/m1/s1. The van der Waals surface area contributed by atoms with E-state index in [2.05, 4.69) is 13.2 Å². The Bertz CT molecular complexity index is 456. The summed E-state index contributed by atoms with van der Waals surface area (Å²) in [5.41, 5.74) is -0.0550. The van der Waals surface area contributed by atoms with Gasteiger partial charge in [0.2, 0.25) is 0 Å². The average Bonchev–Trinajstić information content (AvgIpc) is 2.48. The second-order valence-electron chi connectivity index (χ2n) is 4.68. The zero-order chi connectivity index (χ0) is 17.4. The highest BCUT2D eigenvalue weighted by atomic mass is 16.6. The fourth-order valence-corrected chi connectivity index (χ4v) is 1.28. The molecule has 3 N–H and O–H groups in total. The van der Waals surface area contributed by atoms with Crippen molar-refractivity contribution in [3.63, 3.8) is 0 Å². The van der Waals surface area contributed by atoms with Crippen molar-refractivity contribution in [1.29, 1.82) is 0 Å². The fraction of sp³-hybridized carbons (Fsp3) is 0.500. The molecule has 0 saturated heterocycles. The molecule has 0 aromatic carbocycles. The van der Waals surface area contributed by atoms with E-state index in [9.17, 15) is 24.6 Å². The first-order valence-corrected chi connectivity index (χ1v) is 6.30. The molecular weight excluding hydrogens is 296 g/mol. The Balaban J connectivity index is 5.36. The van der Waals surface area contributed by atoms with Crippen LogP contribution >= 0.6 is 0 Å². The molecule has 8 nitrogen and oxygen atoms in total. The average molecular weight is 316 g/mol. The molecule has 0 bridgehead atoms. The molecule has 0 unspecified atom stereocenters. The number of hydrogen-bond acceptors (Lipinski definition) is 8. The maximum Gasteiger partial charge on any atom is 0.333 e. The molecular formula is C14H20O8. The number of ether oxygens (including phenoxy) is 2. The topological polar surface area (TPSA) is 130 Å². The minimum atomic E-state index is -1.86. The van der Waals surface area contributed by atoms with Crippen LogP contribution in [0.4, 0.5) is 0 Å². The van der Waals surface area contributed by atoms with Crippen molar-refractivity contribution in [1.82, 2.24) is 0 Å². The molecule has 4 atom stereocenters. The third-order valence-corrected chi connectivity index (χ3v) is 2.56. The number of aldehydes is 1. The molecule has 0 fully saturated rings. The Labute approximate surface area is 127 Å². The molecule has 0 aliphatic carbocycles. The summed E-state index contributed by atoms with van der Waals surface area (Å²) >= 11 is 0. The van der Waals surface area contributed by atoms with Gasteiger partial charge in [0.25, 0.3) is 0 Å². The van der Waals surface area contributed by atoms with Crippen LogP contribution in [-0.2, 0) is 23.9 Å². The van der Waals surface area contributed by atoms with Crippen LogP contribution in [-0.4, -0.2) is 64.6 Å². The largest absolute Gasteiger partial charge is 0.452 e. The van der Waals surface area contributed by atoms with Gasteiger partial charge in [-0.2, -0.15) is 0 Å². The van der Waals surface area contributed by atoms with E-state index < -0.39 is 43.0 Å². The van der Waals surface area contributed by atoms with Gasteiger partial charge < -0.3 is 24.8 Å². The molecule has 124 valence electrons. The summed E-state index contributed by atoms with van der Waals surface area (Å²) < 4.78 is 9.59. The lowest BCUT2D eigenvalue weighted by atomic mass is 10.0. The SMILES string of the molecule is C=C(C)C(=O)O[C@@H]([C@H](O)[C@H](O)CO)[C@H](C=O)OC(=O)C(=C)C. The lowest BCUT2D eigenvalue weighted by Gasteiger charge is -2.29. The van der Waals surface area contributed by atoms with Crippen LogP contribution in [0.15, 0.2) is 24.3 Å². The van der Waals surface area contributed by atoms with Gasteiger partial charge in [-0.15, -0.1) is 0 Å². The van der Waals surface area contributed by atoms with Crippen LogP contribution < -0.4 is 0 Å². The number of aliphatic hydroxyl groups is 3. The van der Waals surface area contributed by atoms with Crippen LogP contribution in [0.2, 0.25) is 0 Å². The second-order valence-corrected chi connectivity index (χ2v) is 4.68. The Hall–Kier alpha value is -2.03. The lowest BCUT2D eigenvalue weighted by molar-refractivity contribution is -0.180. The van der Waals surface area contributed by atoms with Crippen LogP contribution in [0.25, 0.3) is 0 Å². The summed E-state index contributed by atoms with van der Waals surface area (Å²) in [7, 11) is 0. The maximum atomic E-state index is 11.6. The van der Waals surface area contributed by atoms with Crippen molar-refractivity contribution in [2.24, 2.45) is 0 Å². The minimum Gasteiger partial charge on any atom is -0.452 e. The molecule has 0 spiro atoms. The highest BCUT2D eigenvalue weighted by Crippen LogP contribution is 2.14. The van der Waals surface area contributed by atoms with Crippen molar-refractivity contribution >= 4 is 18.2 Å². The first-order valence-electron chi connectivity index (χ1n) is 6.30. The second kappa shape index (κ2) is 9.08. The summed E-state index contributed by atoms with van der Waals surface area (Å²) in [5, 5.41) is 28.2. The van der Waals surface area contributed by atoms with E-state index in [4.69, 9.17) is 14.6 Å². The smallest absolute Gasteiger partial charge is 0.333 e. The van der Waals surface area contributed by atoms with Gasteiger partial charge in [0.1, 0.15) is 12.2 Å². The number of aliphatic hydroxyl groups excluding tert-OH is 3. The molecule has 0 rings (SSSR count). The highest BCUT2D eigenvalue weighted by molar-refractivity contribution is 5.89. The van der Waals surface area contributed by atoms with E-state index in [1.165, 1.54) is 13.8 Å². The Morgan fingerprint density at radius 2 is 1.55 bits per heavy atom. The van der Waals surface area contributed by atoms with Gasteiger partial charge in [0.05, 0.1) is 6.61 Å². The number of carbonyl (C=O) groups is 3. The van der Waals surface area contributed by atoms with E-state index in [-0.39, 0.29) is 17.4 Å². The molecule has 0 aliphatic heterocycles. The summed E-state index contributed by atoms with van der Waals surface area (Å²) in [4.78, 5) is 34.1. The molecule has 0 saturated carbocycles. The first kappa shape index (κ1) is 20.0. The van der Waals surface area contributed by atoms with Gasteiger partial charge in [0, 0.05) is 11.1 Å². The summed E-state index contributed by atoms with van der Waals surface area (Å²) in [5.74, 6) is -1.91. The predicted molar refractivity (Wildman–Crippen MR) is 74.6 cm³/mol. The van der Waals surface area contributed by atoms with Gasteiger partial charge in [-0.05, 0) is 13.8 Å². The Kier molecular flexibility index (Phi) is 8.24. The zero-order valence-corrected chi connectivity index (χ0v) is 12.4. The third kappa shape index (κ3) is 5.76. The van der Waals surface area contributed by atoms with Gasteiger partial charge >= 0.3 is 11.9 Å². The van der Waals surface area contributed by atoms with Gasteiger partial charge in [-0.25, -0.2) is 9.59 Å². The summed E-state index contributed by atoms with van der Waals surface area (Å²) in [6, 6.07) is 0. The normalized spacial score (nSPS) is 15.9.